The molecule has 0 amide bonds. The number of nitrogens with one attached hydrogen (secondary N) is 1. The molecule has 0 saturated heterocycles. The zero-order chi connectivity index (χ0) is 9.54. The predicted octanol–water partition coefficient (Wildman–Crippen LogP) is 1.43. The molecule has 0 saturated carbocycles. The standard InChI is InChI=1S/C10H6N4/c11-4-8-13-7-3-1-2-6-5-12-10(14-8)9(6)7/h1-3H,5H2,(H,12,13,14). The Balaban J connectivity index is 2.49. The highest BCUT2D eigenvalue weighted by Gasteiger charge is 2.16. The van der Waals surface area contributed by atoms with Crippen LogP contribution in [0.1, 0.15) is 11.4 Å². The Morgan fingerprint density at radius 3 is 3.14 bits per heavy atom. The van der Waals surface area contributed by atoms with Gasteiger partial charge in [-0.15, -0.1) is 0 Å². The minimum atomic E-state index is 0.221. The summed E-state index contributed by atoms with van der Waals surface area (Å²) in [6.45, 7) is 0.774. The molecular formula is C10H6N4. The molecular weight excluding hydrogens is 176 g/mol. The van der Waals surface area contributed by atoms with Gasteiger partial charge in [-0.3, -0.25) is 0 Å². The fourth-order valence-corrected chi connectivity index (χ4v) is 1.76. The Hall–Kier alpha value is -2.15. The molecule has 1 aromatic heterocycles. The van der Waals surface area contributed by atoms with Gasteiger partial charge in [0.2, 0.25) is 5.82 Å². The van der Waals surface area contributed by atoms with Crippen LogP contribution in [0.2, 0.25) is 0 Å². The third kappa shape index (κ3) is 0.811. The molecule has 3 rings (SSSR count). The first-order valence-corrected chi connectivity index (χ1v) is 4.32. The SMILES string of the molecule is N#Cc1nc2c3c(cccc3n1)CN2. The van der Waals surface area contributed by atoms with E-state index in [1.165, 1.54) is 5.56 Å². The molecule has 4 heteroatoms. The van der Waals surface area contributed by atoms with E-state index >= 15 is 0 Å². The monoisotopic (exact) mass is 182 g/mol. The van der Waals surface area contributed by atoms with Gasteiger partial charge in [0.1, 0.15) is 11.9 Å². The van der Waals surface area contributed by atoms with Crippen molar-refractivity contribution in [2.45, 2.75) is 6.54 Å². The van der Waals surface area contributed by atoms with Crippen LogP contribution < -0.4 is 5.32 Å². The number of rotatable bonds is 0. The molecule has 0 fully saturated rings. The highest BCUT2D eigenvalue weighted by molar-refractivity contribution is 5.95. The summed E-state index contributed by atoms with van der Waals surface area (Å²) in [7, 11) is 0. The third-order valence-electron chi connectivity index (χ3n) is 2.36. The highest BCUT2D eigenvalue weighted by Crippen LogP contribution is 2.29. The molecule has 4 nitrogen and oxygen atoms in total. The molecule has 0 bridgehead atoms. The molecule has 1 aliphatic heterocycles. The summed E-state index contributed by atoms with van der Waals surface area (Å²) >= 11 is 0. The van der Waals surface area contributed by atoms with Crippen molar-refractivity contribution in [2.75, 3.05) is 5.32 Å². The lowest BCUT2D eigenvalue weighted by Gasteiger charge is -1.98. The lowest BCUT2D eigenvalue weighted by Crippen LogP contribution is -1.94. The van der Waals surface area contributed by atoms with Gasteiger partial charge in [0.25, 0.3) is 0 Å². The van der Waals surface area contributed by atoms with E-state index in [1.807, 2.05) is 24.3 Å². The van der Waals surface area contributed by atoms with Crippen LogP contribution in [0.3, 0.4) is 0 Å². The smallest absolute Gasteiger partial charge is 0.234 e. The zero-order valence-electron chi connectivity index (χ0n) is 7.28. The van der Waals surface area contributed by atoms with E-state index in [2.05, 4.69) is 15.3 Å². The van der Waals surface area contributed by atoms with Crippen LogP contribution in [0.15, 0.2) is 18.2 Å². The summed E-state index contributed by atoms with van der Waals surface area (Å²) in [5.74, 6) is 1.00. The summed E-state index contributed by atoms with van der Waals surface area (Å²) in [5.41, 5.74) is 2.04. The van der Waals surface area contributed by atoms with Crippen LogP contribution in [0.5, 0.6) is 0 Å². The van der Waals surface area contributed by atoms with Crippen molar-refractivity contribution in [1.82, 2.24) is 9.97 Å². The lowest BCUT2D eigenvalue weighted by atomic mass is 10.1. The van der Waals surface area contributed by atoms with Crippen molar-refractivity contribution in [2.24, 2.45) is 0 Å². The van der Waals surface area contributed by atoms with E-state index in [0.717, 1.165) is 23.3 Å². The Morgan fingerprint density at radius 2 is 2.29 bits per heavy atom. The molecule has 0 aliphatic carbocycles. The largest absolute Gasteiger partial charge is 0.365 e. The number of hydrogen-bond donors (Lipinski definition) is 1. The maximum absolute atomic E-state index is 8.73. The van der Waals surface area contributed by atoms with Crippen molar-refractivity contribution < 1.29 is 0 Å². The van der Waals surface area contributed by atoms with Crippen LogP contribution in [-0.2, 0) is 6.54 Å². The molecule has 66 valence electrons. The number of aromatic nitrogens is 2. The Kier molecular flexibility index (Phi) is 1.26. The normalized spacial score (nSPS) is 12.5. The molecule has 14 heavy (non-hydrogen) atoms. The molecule has 2 heterocycles. The van der Waals surface area contributed by atoms with Gasteiger partial charge >= 0.3 is 0 Å². The van der Waals surface area contributed by atoms with Gasteiger partial charge in [0, 0.05) is 11.9 Å². The quantitative estimate of drug-likeness (QED) is 0.669. The fraction of sp³-hybridized carbons (Fsp3) is 0.100. The molecule has 1 N–H and O–H groups in total. The van der Waals surface area contributed by atoms with E-state index in [0.29, 0.717) is 0 Å². The number of benzene rings is 1. The fourth-order valence-electron chi connectivity index (χ4n) is 1.76. The molecule has 1 aliphatic rings. The zero-order valence-corrected chi connectivity index (χ0v) is 7.28. The van der Waals surface area contributed by atoms with Gasteiger partial charge < -0.3 is 5.32 Å². The van der Waals surface area contributed by atoms with Gasteiger partial charge in [-0.2, -0.15) is 5.26 Å². The summed E-state index contributed by atoms with van der Waals surface area (Å²) in [6.07, 6.45) is 0. The van der Waals surface area contributed by atoms with Crippen LogP contribution >= 0.6 is 0 Å². The van der Waals surface area contributed by atoms with Crippen molar-refractivity contribution in [3.8, 4) is 6.07 Å². The minimum absolute atomic E-state index is 0.221. The van der Waals surface area contributed by atoms with Gasteiger partial charge in [-0.25, -0.2) is 9.97 Å². The van der Waals surface area contributed by atoms with E-state index in [9.17, 15) is 0 Å². The lowest BCUT2D eigenvalue weighted by molar-refractivity contribution is 1.14. The topological polar surface area (TPSA) is 61.6 Å². The summed E-state index contributed by atoms with van der Waals surface area (Å²) in [5, 5.41) is 12.9. The Morgan fingerprint density at radius 1 is 1.36 bits per heavy atom. The molecule has 2 aromatic rings. The molecule has 0 radical (unpaired) electrons. The van der Waals surface area contributed by atoms with Gasteiger partial charge in [0.05, 0.1) is 5.52 Å². The number of anilines is 1. The van der Waals surface area contributed by atoms with Gasteiger partial charge in [-0.1, -0.05) is 12.1 Å². The Labute approximate surface area is 80.2 Å². The number of nitrogens with zero attached hydrogens (tertiary/aromatic N) is 3. The Bertz CT molecular complexity index is 568. The second kappa shape index (κ2) is 2.42. The van der Waals surface area contributed by atoms with E-state index in [4.69, 9.17) is 5.26 Å². The average Bonchev–Trinajstić information content (AvgIpc) is 2.64. The van der Waals surface area contributed by atoms with E-state index in [1.54, 1.807) is 0 Å². The first-order valence-electron chi connectivity index (χ1n) is 4.32. The summed E-state index contributed by atoms with van der Waals surface area (Å²) in [4.78, 5) is 8.25. The van der Waals surface area contributed by atoms with Crippen molar-refractivity contribution in [3.05, 3.63) is 29.6 Å². The number of hydrogen-bond acceptors (Lipinski definition) is 4. The minimum Gasteiger partial charge on any atom is -0.365 e. The molecule has 0 spiro atoms. The summed E-state index contributed by atoms with van der Waals surface area (Å²) in [6, 6.07) is 7.85. The van der Waals surface area contributed by atoms with Gasteiger partial charge in [0.15, 0.2) is 0 Å². The first-order chi connectivity index (χ1) is 6.88. The highest BCUT2D eigenvalue weighted by atomic mass is 15.0. The molecule has 0 unspecified atom stereocenters. The number of nitriles is 1. The van der Waals surface area contributed by atoms with E-state index in [-0.39, 0.29) is 5.82 Å². The molecule has 1 aromatic carbocycles. The second-order valence-corrected chi connectivity index (χ2v) is 3.17. The van der Waals surface area contributed by atoms with Crippen molar-refractivity contribution in [1.29, 1.82) is 5.26 Å². The van der Waals surface area contributed by atoms with Crippen LogP contribution in [0.25, 0.3) is 10.9 Å². The average molecular weight is 182 g/mol. The van der Waals surface area contributed by atoms with Crippen LogP contribution in [0.4, 0.5) is 5.82 Å². The van der Waals surface area contributed by atoms with Gasteiger partial charge in [-0.05, 0) is 11.6 Å². The second-order valence-electron chi connectivity index (χ2n) is 3.17. The van der Waals surface area contributed by atoms with Crippen molar-refractivity contribution >= 4 is 16.7 Å². The van der Waals surface area contributed by atoms with E-state index < -0.39 is 0 Å². The maximum Gasteiger partial charge on any atom is 0.234 e. The molecule has 0 atom stereocenters. The predicted molar refractivity (Wildman–Crippen MR) is 51.6 cm³/mol. The van der Waals surface area contributed by atoms with Crippen LogP contribution in [-0.4, -0.2) is 9.97 Å². The first kappa shape index (κ1) is 7.27. The third-order valence-corrected chi connectivity index (χ3v) is 2.36. The maximum atomic E-state index is 8.73. The summed E-state index contributed by atoms with van der Waals surface area (Å²) < 4.78 is 0. The van der Waals surface area contributed by atoms with Crippen molar-refractivity contribution in [3.63, 3.8) is 0 Å². The van der Waals surface area contributed by atoms with Crippen LogP contribution in [0, 0.1) is 11.3 Å².